The predicted octanol–water partition coefficient (Wildman–Crippen LogP) is 5.08. The first-order valence-electron chi connectivity index (χ1n) is 6.11. The second-order valence-electron chi connectivity index (χ2n) is 3.72. The van der Waals surface area contributed by atoms with Crippen LogP contribution in [0.2, 0.25) is 0 Å². The average Bonchev–Trinajstić information content (AvgIpc) is 2.26. The fourth-order valence-corrected chi connectivity index (χ4v) is 1.65. The van der Waals surface area contributed by atoms with Crippen molar-refractivity contribution in [3.63, 3.8) is 0 Å². The van der Waals surface area contributed by atoms with Crippen molar-refractivity contribution in [2.24, 2.45) is 0 Å². The van der Waals surface area contributed by atoms with Gasteiger partial charge >= 0.3 is 0 Å². The van der Waals surface area contributed by atoms with Crippen LogP contribution in [0.25, 0.3) is 0 Å². The van der Waals surface area contributed by atoms with Crippen molar-refractivity contribution in [2.45, 2.75) is 58.3 Å². The number of allylic oxidation sites excluding steroid dienone is 2. The van der Waals surface area contributed by atoms with Crippen LogP contribution < -0.4 is 0 Å². The molecule has 0 heterocycles. The second kappa shape index (κ2) is 13.8. The summed E-state index contributed by atoms with van der Waals surface area (Å²) in [6.07, 6.45) is 14.2. The zero-order valence-corrected chi connectivity index (χ0v) is 11.5. The number of hydrogen-bond acceptors (Lipinski definition) is 0. The van der Waals surface area contributed by atoms with E-state index in [0.29, 0.717) is 0 Å². The first-order chi connectivity index (χ1) is 7.41. The maximum Gasteiger partial charge on any atom is 0.00922 e. The molecule has 0 radical (unpaired) electrons. The highest BCUT2D eigenvalue weighted by Gasteiger charge is 1.85. The van der Waals surface area contributed by atoms with Gasteiger partial charge in [0.05, 0.1) is 0 Å². The lowest BCUT2D eigenvalue weighted by atomic mass is 10.1. The molecule has 0 N–H and O–H groups in total. The van der Waals surface area contributed by atoms with Crippen molar-refractivity contribution in [3.05, 3.63) is 12.2 Å². The summed E-state index contributed by atoms with van der Waals surface area (Å²) in [5.41, 5.74) is 0. The molecule has 15 heavy (non-hydrogen) atoms. The third-order valence-electron chi connectivity index (χ3n) is 2.21. The fraction of sp³-hybridized carbons (Fsp3) is 0.714. The SMILES string of the molecule is CCCCC=CC#CCCCCCCBr. The molecule has 0 aliphatic rings. The average molecular weight is 271 g/mol. The Morgan fingerprint density at radius 2 is 1.87 bits per heavy atom. The maximum atomic E-state index is 3.44. The third kappa shape index (κ3) is 13.8. The molecule has 86 valence electrons. The summed E-state index contributed by atoms with van der Waals surface area (Å²) >= 11 is 3.44. The molecular weight excluding hydrogens is 248 g/mol. The van der Waals surface area contributed by atoms with Crippen molar-refractivity contribution in [3.8, 4) is 11.8 Å². The Balaban J connectivity index is 3.19. The summed E-state index contributed by atoms with van der Waals surface area (Å²) in [5.74, 6) is 6.29. The molecule has 0 amide bonds. The lowest BCUT2D eigenvalue weighted by Crippen LogP contribution is -1.77. The summed E-state index contributed by atoms with van der Waals surface area (Å²) in [5, 5.41) is 1.14. The first kappa shape index (κ1) is 14.8. The molecule has 0 unspecified atom stereocenters. The fourth-order valence-electron chi connectivity index (χ4n) is 1.26. The number of hydrogen-bond donors (Lipinski definition) is 0. The van der Waals surface area contributed by atoms with Crippen LogP contribution in [0.5, 0.6) is 0 Å². The van der Waals surface area contributed by atoms with Crippen molar-refractivity contribution in [1.82, 2.24) is 0 Å². The molecule has 0 saturated carbocycles. The van der Waals surface area contributed by atoms with E-state index in [9.17, 15) is 0 Å². The zero-order chi connectivity index (χ0) is 11.2. The van der Waals surface area contributed by atoms with Crippen LogP contribution in [0.4, 0.5) is 0 Å². The van der Waals surface area contributed by atoms with Gasteiger partial charge in [-0.1, -0.05) is 66.5 Å². The van der Waals surface area contributed by atoms with E-state index in [-0.39, 0.29) is 0 Å². The Hall–Kier alpha value is -0.220. The van der Waals surface area contributed by atoms with Gasteiger partial charge in [-0.05, 0) is 25.3 Å². The van der Waals surface area contributed by atoms with E-state index in [1.54, 1.807) is 0 Å². The summed E-state index contributed by atoms with van der Waals surface area (Å²) in [4.78, 5) is 0. The first-order valence-corrected chi connectivity index (χ1v) is 7.23. The molecule has 0 aliphatic heterocycles. The van der Waals surface area contributed by atoms with Gasteiger partial charge in [0.15, 0.2) is 0 Å². The Kier molecular flexibility index (Phi) is 13.6. The standard InChI is InChI=1S/C14H23Br/c1-2-3-4-5-6-7-8-9-10-11-12-13-14-15/h5-6H,2-4,9-14H2,1H3. The summed E-state index contributed by atoms with van der Waals surface area (Å²) in [7, 11) is 0. The van der Waals surface area contributed by atoms with Gasteiger partial charge < -0.3 is 0 Å². The minimum absolute atomic E-state index is 1.06. The molecule has 0 atom stereocenters. The topological polar surface area (TPSA) is 0 Å². The molecular formula is C14H23Br. The Labute approximate surface area is 104 Å². The van der Waals surface area contributed by atoms with Gasteiger partial charge in [-0.15, -0.1) is 0 Å². The molecule has 0 bridgehead atoms. The minimum Gasteiger partial charge on any atom is -0.0985 e. The van der Waals surface area contributed by atoms with Crippen LogP contribution in [0.15, 0.2) is 12.2 Å². The van der Waals surface area contributed by atoms with Crippen molar-refractivity contribution in [1.29, 1.82) is 0 Å². The van der Waals surface area contributed by atoms with Gasteiger partial charge in [-0.25, -0.2) is 0 Å². The van der Waals surface area contributed by atoms with Crippen LogP contribution in [0.3, 0.4) is 0 Å². The van der Waals surface area contributed by atoms with Crippen molar-refractivity contribution >= 4 is 15.9 Å². The van der Waals surface area contributed by atoms with Crippen LogP contribution in [0, 0.1) is 11.8 Å². The largest absolute Gasteiger partial charge is 0.0985 e. The number of halogens is 1. The third-order valence-corrected chi connectivity index (χ3v) is 2.77. The van der Waals surface area contributed by atoms with Gasteiger partial charge in [0, 0.05) is 11.8 Å². The Morgan fingerprint density at radius 1 is 1.07 bits per heavy atom. The highest BCUT2D eigenvalue weighted by molar-refractivity contribution is 9.09. The maximum absolute atomic E-state index is 3.44. The van der Waals surface area contributed by atoms with E-state index in [1.165, 1.54) is 44.9 Å². The van der Waals surface area contributed by atoms with E-state index >= 15 is 0 Å². The monoisotopic (exact) mass is 270 g/mol. The van der Waals surface area contributed by atoms with E-state index in [1.807, 2.05) is 6.08 Å². The lowest BCUT2D eigenvalue weighted by Gasteiger charge is -1.93. The van der Waals surface area contributed by atoms with Crippen LogP contribution in [0.1, 0.15) is 58.3 Å². The van der Waals surface area contributed by atoms with Crippen LogP contribution in [-0.4, -0.2) is 5.33 Å². The Morgan fingerprint density at radius 3 is 2.60 bits per heavy atom. The second-order valence-corrected chi connectivity index (χ2v) is 4.51. The number of rotatable bonds is 8. The van der Waals surface area contributed by atoms with Gasteiger partial charge in [0.2, 0.25) is 0 Å². The smallest absolute Gasteiger partial charge is 0.00922 e. The van der Waals surface area contributed by atoms with Gasteiger partial charge in [-0.2, -0.15) is 0 Å². The quantitative estimate of drug-likeness (QED) is 0.328. The van der Waals surface area contributed by atoms with Crippen LogP contribution >= 0.6 is 15.9 Å². The molecule has 0 rings (SSSR count). The summed E-state index contributed by atoms with van der Waals surface area (Å²) < 4.78 is 0. The molecule has 0 nitrogen and oxygen atoms in total. The number of alkyl halides is 1. The molecule has 0 aromatic heterocycles. The van der Waals surface area contributed by atoms with Gasteiger partial charge in [0.1, 0.15) is 0 Å². The molecule has 0 fully saturated rings. The van der Waals surface area contributed by atoms with E-state index in [2.05, 4.69) is 40.8 Å². The normalized spacial score (nSPS) is 10.3. The Bertz CT molecular complexity index is 195. The summed E-state index contributed by atoms with van der Waals surface area (Å²) in [6, 6.07) is 0. The van der Waals surface area contributed by atoms with Gasteiger partial charge in [0.25, 0.3) is 0 Å². The van der Waals surface area contributed by atoms with E-state index in [4.69, 9.17) is 0 Å². The minimum atomic E-state index is 1.06. The van der Waals surface area contributed by atoms with Crippen molar-refractivity contribution < 1.29 is 0 Å². The van der Waals surface area contributed by atoms with E-state index in [0.717, 1.165) is 11.8 Å². The van der Waals surface area contributed by atoms with Crippen LogP contribution in [-0.2, 0) is 0 Å². The molecule has 0 spiro atoms. The summed E-state index contributed by atoms with van der Waals surface area (Å²) in [6.45, 7) is 2.21. The number of unbranched alkanes of at least 4 members (excludes halogenated alkanes) is 6. The highest BCUT2D eigenvalue weighted by atomic mass is 79.9. The molecule has 0 aromatic carbocycles. The lowest BCUT2D eigenvalue weighted by molar-refractivity contribution is 0.685. The highest BCUT2D eigenvalue weighted by Crippen LogP contribution is 2.03. The molecule has 1 heteroatoms. The van der Waals surface area contributed by atoms with Crippen molar-refractivity contribution in [2.75, 3.05) is 5.33 Å². The molecule has 0 aliphatic carbocycles. The van der Waals surface area contributed by atoms with E-state index < -0.39 is 0 Å². The zero-order valence-electron chi connectivity index (χ0n) is 9.90. The molecule has 0 saturated heterocycles. The van der Waals surface area contributed by atoms with Gasteiger partial charge in [-0.3, -0.25) is 0 Å². The molecule has 0 aromatic rings. The predicted molar refractivity (Wildman–Crippen MR) is 73.3 cm³/mol.